The molecule has 2 amide bonds. The molecule has 0 spiro atoms. The number of rotatable bonds is 5. The lowest BCUT2D eigenvalue weighted by atomic mass is 10.1. The third-order valence-corrected chi connectivity index (χ3v) is 6.11. The summed E-state index contributed by atoms with van der Waals surface area (Å²) in [6.45, 7) is 6.84. The van der Waals surface area contributed by atoms with Crippen LogP contribution in [0.25, 0.3) is 5.69 Å². The zero-order valence-electron chi connectivity index (χ0n) is 16.8. The van der Waals surface area contributed by atoms with Crippen molar-refractivity contribution in [2.24, 2.45) is 5.92 Å². The van der Waals surface area contributed by atoms with Crippen molar-refractivity contribution >= 4 is 6.03 Å². The van der Waals surface area contributed by atoms with Crippen LogP contribution in [0.3, 0.4) is 0 Å². The van der Waals surface area contributed by atoms with Crippen LogP contribution in [0.2, 0.25) is 0 Å². The minimum absolute atomic E-state index is 0.0282. The minimum atomic E-state index is -0.0681. The SMILES string of the molecule is C[C@H](NC(=O)N1CCN(CC2CCCC2)CC1)c1cnn(-c2ccccc2)c1. The summed E-state index contributed by atoms with van der Waals surface area (Å²) >= 11 is 0. The maximum atomic E-state index is 12.7. The molecule has 1 N–H and O–H groups in total. The number of amides is 2. The fraction of sp³-hybridized carbons (Fsp3) is 0.545. The van der Waals surface area contributed by atoms with Gasteiger partial charge in [-0.15, -0.1) is 0 Å². The van der Waals surface area contributed by atoms with Crippen molar-refractivity contribution in [3.05, 3.63) is 48.3 Å². The molecule has 1 aliphatic heterocycles. The molecule has 150 valence electrons. The summed E-state index contributed by atoms with van der Waals surface area (Å²) in [5, 5.41) is 7.56. The summed E-state index contributed by atoms with van der Waals surface area (Å²) < 4.78 is 1.85. The van der Waals surface area contributed by atoms with Crippen molar-refractivity contribution in [2.45, 2.75) is 38.6 Å². The van der Waals surface area contributed by atoms with Crippen molar-refractivity contribution in [2.75, 3.05) is 32.7 Å². The Bertz CT molecular complexity index is 760. The van der Waals surface area contributed by atoms with Gasteiger partial charge in [-0.2, -0.15) is 5.10 Å². The van der Waals surface area contributed by atoms with Crippen LogP contribution in [0.1, 0.15) is 44.2 Å². The number of benzene rings is 1. The number of carbonyl (C=O) groups excluding carboxylic acids is 1. The highest BCUT2D eigenvalue weighted by Crippen LogP contribution is 2.25. The van der Waals surface area contributed by atoms with Gasteiger partial charge in [0.05, 0.1) is 17.9 Å². The molecule has 6 heteroatoms. The van der Waals surface area contributed by atoms with E-state index in [0.29, 0.717) is 0 Å². The van der Waals surface area contributed by atoms with Crippen LogP contribution in [-0.4, -0.2) is 58.3 Å². The van der Waals surface area contributed by atoms with Crippen LogP contribution < -0.4 is 5.32 Å². The van der Waals surface area contributed by atoms with Crippen molar-refractivity contribution in [3.63, 3.8) is 0 Å². The lowest BCUT2D eigenvalue weighted by Crippen LogP contribution is -2.52. The molecule has 0 bridgehead atoms. The first-order chi connectivity index (χ1) is 13.7. The Balaban J connectivity index is 1.26. The van der Waals surface area contributed by atoms with E-state index in [1.54, 1.807) is 0 Å². The Hall–Kier alpha value is -2.34. The largest absolute Gasteiger partial charge is 0.331 e. The van der Waals surface area contributed by atoms with Crippen LogP contribution in [-0.2, 0) is 0 Å². The topological polar surface area (TPSA) is 53.4 Å². The highest BCUT2D eigenvalue weighted by molar-refractivity contribution is 5.74. The minimum Gasteiger partial charge on any atom is -0.331 e. The van der Waals surface area contributed by atoms with Crippen LogP contribution >= 0.6 is 0 Å². The second-order valence-corrected chi connectivity index (χ2v) is 8.16. The first kappa shape index (κ1) is 19.0. The van der Waals surface area contributed by atoms with Crippen molar-refractivity contribution in [1.82, 2.24) is 24.9 Å². The molecule has 1 saturated heterocycles. The van der Waals surface area contributed by atoms with E-state index in [1.165, 1.54) is 32.2 Å². The van der Waals surface area contributed by atoms with Gasteiger partial charge in [-0.25, -0.2) is 9.48 Å². The Morgan fingerprint density at radius 3 is 2.57 bits per heavy atom. The first-order valence-corrected chi connectivity index (χ1v) is 10.6. The molecule has 28 heavy (non-hydrogen) atoms. The fourth-order valence-corrected chi connectivity index (χ4v) is 4.33. The van der Waals surface area contributed by atoms with Crippen molar-refractivity contribution in [3.8, 4) is 5.69 Å². The van der Waals surface area contributed by atoms with Gasteiger partial charge >= 0.3 is 6.03 Å². The van der Waals surface area contributed by atoms with Gasteiger partial charge in [0.1, 0.15) is 0 Å². The number of urea groups is 1. The zero-order valence-corrected chi connectivity index (χ0v) is 16.8. The summed E-state index contributed by atoms with van der Waals surface area (Å²) in [5.74, 6) is 0.876. The van der Waals surface area contributed by atoms with E-state index in [0.717, 1.165) is 43.3 Å². The summed E-state index contributed by atoms with van der Waals surface area (Å²) in [4.78, 5) is 17.2. The van der Waals surface area contributed by atoms with Gasteiger partial charge in [-0.05, 0) is 37.8 Å². The number of aromatic nitrogens is 2. The third-order valence-electron chi connectivity index (χ3n) is 6.11. The van der Waals surface area contributed by atoms with E-state index >= 15 is 0 Å². The number of para-hydroxylation sites is 1. The van der Waals surface area contributed by atoms with E-state index in [9.17, 15) is 4.79 Å². The molecule has 2 aromatic rings. The van der Waals surface area contributed by atoms with E-state index in [4.69, 9.17) is 0 Å². The molecule has 2 heterocycles. The molecular formula is C22H31N5O. The maximum Gasteiger partial charge on any atom is 0.317 e. The second kappa shape index (κ2) is 8.78. The standard InChI is InChI=1S/C22H31N5O/c1-18(20-15-23-27(17-20)21-9-3-2-4-10-21)24-22(28)26-13-11-25(12-14-26)16-19-7-5-6-8-19/h2-4,9-10,15,17-19H,5-8,11-14,16H2,1H3,(H,24,28)/t18-/m0/s1. The van der Waals surface area contributed by atoms with Crippen LogP contribution in [0, 0.1) is 5.92 Å². The third kappa shape index (κ3) is 4.55. The number of hydrogen-bond acceptors (Lipinski definition) is 3. The van der Waals surface area contributed by atoms with E-state index in [1.807, 2.05) is 59.2 Å². The number of nitrogens with one attached hydrogen (secondary N) is 1. The predicted molar refractivity (Wildman–Crippen MR) is 110 cm³/mol. The van der Waals surface area contributed by atoms with Gasteiger partial charge in [0.2, 0.25) is 0 Å². The average Bonchev–Trinajstić information content (AvgIpc) is 3.41. The van der Waals surface area contributed by atoms with Crippen LogP contribution in [0.4, 0.5) is 4.79 Å². The molecule has 1 saturated carbocycles. The molecule has 1 aromatic heterocycles. The van der Waals surface area contributed by atoms with Gasteiger partial charge < -0.3 is 10.2 Å². The Morgan fingerprint density at radius 1 is 1.14 bits per heavy atom. The maximum absolute atomic E-state index is 12.7. The molecule has 1 aliphatic carbocycles. The predicted octanol–water partition coefficient (Wildman–Crippen LogP) is 3.45. The summed E-state index contributed by atoms with van der Waals surface area (Å²) in [7, 11) is 0. The molecule has 6 nitrogen and oxygen atoms in total. The summed E-state index contributed by atoms with van der Waals surface area (Å²) in [6, 6.07) is 9.98. The summed E-state index contributed by atoms with van der Waals surface area (Å²) in [6.07, 6.45) is 9.37. The van der Waals surface area contributed by atoms with Crippen molar-refractivity contribution in [1.29, 1.82) is 0 Å². The molecule has 0 unspecified atom stereocenters. The average molecular weight is 382 g/mol. The number of hydrogen-bond donors (Lipinski definition) is 1. The molecule has 2 aliphatic rings. The molecule has 4 rings (SSSR count). The van der Waals surface area contributed by atoms with Gasteiger partial charge in [0, 0.05) is 44.5 Å². The van der Waals surface area contributed by atoms with Gasteiger partial charge in [0.25, 0.3) is 0 Å². The summed E-state index contributed by atoms with van der Waals surface area (Å²) in [5.41, 5.74) is 2.03. The first-order valence-electron chi connectivity index (χ1n) is 10.6. The number of piperazine rings is 1. The van der Waals surface area contributed by atoms with E-state index < -0.39 is 0 Å². The molecule has 1 aromatic carbocycles. The molecule has 0 radical (unpaired) electrons. The Kier molecular flexibility index (Phi) is 5.95. The molecular weight excluding hydrogens is 350 g/mol. The highest BCUT2D eigenvalue weighted by Gasteiger charge is 2.25. The highest BCUT2D eigenvalue weighted by atomic mass is 16.2. The van der Waals surface area contributed by atoms with E-state index in [-0.39, 0.29) is 12.1 Å². The lowest BCUT2D eigenvalue weighted by molar-refractivity contribution is 0.126. The zero-order chi connectivity index (χ0) is 19.3. The lowest BCUT2D eigenvalue weighted by Gasteiger charge is -2.36. The van der Waals surface area contributed by atoms with E-state index in [2.05, 4.69) is 15.3 Å². The number of nitrogens with zero attached hydrogens (tertiary/aromatic N) is 4. The van der Waals surface area contributed by atoms with Crippen molar-refractivity contribution < 1.29 is 4.79 Å². The van der Waals surface area contributed by atoms with Gasteiger partial charge in [-0.1, -0.05) is 31.0 Å². The van der Waals surface area contributed by atoms with Gasteiger partial charge in [0.15, 0.2) is 0 Å². The van der Waals surface area contributed by atoms with Crippen LogP contribution in [0.15, 0.2) is 42.7 Å². The normalized spacial score (nSPS) is 19.7. The smallest absolute Gasteiger partial charge is 0.317 e. The second-order valence-electron chi connectivity index (χ2n) is 8.16. The monoisotopic (exact) mass is 381 g/mol. The molecule has 1 atom stereocenters. The Morgan fingerprint density at radius 2 is 1.86 bits per heavy atom. The quantitative estimate of drug-likeness (QED) is 0.863. The van der Waals surface area contributed by atoms with Gasteiger partial charge in [-0.3, -0.25) is 4.90 Å². The Labute approximate surface area is 167 Å². The van der Waals surface area contributed by atoms with Crippen LogP contribution in [0.5, 0.6) is 0 Å². The fourth-order valence-electron chi connectivity index (χ4n) is 4.33. The number of carbonyl (C=O) groups is 1. The molecule has 2 fully saturated rings.